The predicted octanol–water partition coefficient (Wildman–Crippen LogP) is -0.456. The van der Waals surface area contributed by atoms with Crippen molar-refractivity contribution in [3.63, 3.8) is 0 Å². The van der Waals surface area contributed by atoms with Gasteiger partial charge in [0.25, 0.3) is 0 Å². The Morgan fingerprint density at radius 3 is 2.44 bits per heavy atom. The molecule has 3 heteroatoms. The maximum atomic E-state index is 5.28. The lowest BCUT2D eigenvalue weighted by molar-refractivity contribution is 0.236. The number of nitrogens with zero attached hydrogens (tertiary/aromatic N) is 1. The summed E-state index contributed by atoms with van der Waals surface area (Å²) in [5, 5.41) is 0. The normalized spacial score (nSPS) is 24.7. The summed E-state index contributed by atoms with van der Waals surface area (Å²) in [6.45, 7) is 2.35. The summed E-state index contributed by atoms with van der Waals surface area (Å²) < 4.78 is 0. The van der Waals surface area contributed by atoms with Gasteiger partial charge < -0.3 is 4.90 Å². The van der Waals surface area contributed by atoms with Crippen LogP contribution >= 0.6 is 0 Å². The van der Waals surface area contributed by atoms with Crippen molar-refractivity contribution in [3.05, 3.63) is 0 Å². The van der Waals surface area contributed by atoms with Crippen LogP contribution in [0.3, 0.4) is 0 Å². The molecule has 54 valence electrons. The molecule has 1 heterocycles. The molecule has 0 amide bonds. The molecule has 0 aromatic rings. The van der Waals surface area contributed by atoms with Gasteiger partial charge in [-0.3, -0.25) is 11.3 Å². The summed E-state index contributed by atoms with van der Waals surface area (Å²) in [7, 11) is 2.15. The molecule has 3 nitrogen and oxygen atoms in total. The van der Waals surface area contributed by atoms with Crippen LogP contribution in [0.1, 0.15) is 12.8 Å². The van der Waals surface area contributed by atoms with E-state index in [4.69, 9.17) is 5.84 Å². The highest BCUT2D eigenvalue weighted by atomic mass is 15.2. The van der Waals surface area contributed by atoms with Crippen LogP contribution in [0.5, 0.6) is 0 Å². The molecular weight excluding hydrogens is 114 g/mol. The number of nitrogens with two attached hydrogens (primary N) is 1. The molecule has 0 aliphatic carbocycles. The zero-order valence-electron chi connectivity index (χ0n) is 5.93. The topological polar surface area (TPSA) is 41.3 Å². The Balaban J connectivity index is 2.18. The molecular formula is C6H15N3. The lowest BCUT2D eigenvalue weighted by Gasteiger charge is -2.28. The minimum atomic E-state index is 0.557. The van der Waals surface area contributed by atoms with Crippen molar-refractivity contribution in [1.82, 2.24) is 10.3 Å². The molecule has 1 aliphatic heterocycles. The van der Waals surface area contributed by atoms with Crippen molar-refractivity contribution in [2.24, 2.45) is 5.84 Å². The summed E-state index contributed by atoms with van der Waals surface area (Å²) in [6.07, 6.45) is 2.38. The first-order valence-electron chi connectivity index (χ1n) is 3.47. The van der Waals surface area contributed by atoms with Crippen LogP contribution in [-0.2, 0) is 0 Å². The van der Waals surface area contributed by atoms with Crippen molar-refractivity contribution >= 4 is 0 Å². The second-order valence-electron chi connectivity index (χ2n) is 2.74. The molecule has 0 spiro atoms. The lowest BCUT2D eigenvalue weighted by Crippen LogP contribution is -2.43. The van der Waals surface area contributed by atoms with Gasteiger partial charge in [-0.1, -0.05) is 0 Å². The Morgan fingerprint density at radius 2 is 2.00 bits per heavy atom. The van der Waals surface area contributed by atoms with Crippen LogP contribution < -0.4 is 11.3 Å². The van der Waals surface area contributed by atoms with E-state index in [1.807, 2.05) is 0 Å². The third-order valence-corrected chi connectivity index (χ3v) is 1.95. The second kappa shape index (κ2) is 3.15. The summed E-state index contributed by atoms with van der Waals surface area (Å²) in [5.74, 6) is 5.28. The Bertz CT molecular complexity index is 76.4. The maximum Gasteiger partial charge on any atom is 0.0234 e. The van der Waals surface area contributed by atoms with Crippen molar-refractivity contribution in [1.29, 1.82) is 0 Å². The molecule has 0 radical (unpaired) electrons. The highest BCUT2D eigenvalue weighted by molar-refractivity contribution is 4.72. The average molecular weight is 129 g/mol. The Morgan fingerprint density at radius 1 is 1.44 bits per heavy atom. The molecule has 1 fully saturated rings. The van der Waals surface area contributed by atoms with Gasteiger partial charge in [0, 0.05) is 6.04 Å². The minimum Gasteiger partial charge on any atom is -0.306 e. The highest BCUT2D eigenvalue weighted by Crippen LogP contribution is 2.06. The van der Waals surface area contributed by atoms with E-state index in [-0.39, 0.29) is 0 Å². The summed E-state index contributed by atoms with van der Waals surface area (Å²) in [6, 6.07) is 0.557. The fraction of sp³-hybridized carbons (Fsp3) is 1.00. The molecule has 0 atom stereocenters. The zero-order valence-corrected chi connectivity index (χ0v) is 5.93. The summed E-state index contributed by atoms with van der Waals surface area (Å²) in [5.41, 5.74) is 2.80. The zero-order chi connectivity index (χ0) is 6.69. The molecule has 1 aliphatic rings. The van der Waals surface area contributed by atoms with E-state index < -0.39 is 0 Å². The Kier molecular flexibility index (Phi) is 2.45. The SMILES string of the molecule is CN1CCC(NN)CC1. The molecule has 3 N–H and O–H groups in total. The van der Waals surface area contributed by atoms with Crippen molar-refractivity contribution in [3.8, 4) is 0 Å². The Hall–Kier alpha value is -0.120. The largest absolute Gasteiger partial charge is 0.306 e. The van der Waals surface area contributed by atoms with Gasteiger partial charge in [-0.15, -0.1) is 0 Å². The van der Waals surface area contributed by atoms with Gasteiger partial charge in [0.05, 0.1) is 0 Å². The summed E-state index contributed by atoms with van der Waals surface area (Å²) >= 11 is 0. The van der Waals surface area contributed by atoms with Gasteiger partial charge in [-0.25, -0.2) is 0 Å². The van der Waals surface area contributed by atoms with Gasteiger partial charge in [0.15, 0.2) is 0 Å². The standard InChI is InChI=1S/C6H15N3/c1-9-4-2-6(8-7)3-5-9/h6,8H,2-5,7H2,1H3. The first-order chi connectivity index (χ1) is 4.33. The Labute approximate surface area is 56.2 Å². The molecule has 1 rings (SSSR count). The molecule has 0 unspecified atom stereocenters. The van der Waals surface area contributed by atoms with Gasteiger partial charge in [0.1, 0.15) is 0 Å². The number of hydrogen-bond donors (Lipinski definition) is 2. The monoisotopic (exact) mass is 129 g/mol. The van der Waals surface area contributed by atoms with Crippen LogP contribution in [0.25, 0.3) is 0 Å². The third kappa shape index (κ3) is 1.93. The van der Waals surface area contributed by atoms with Crippen LogP contribution in [0.2, 0.25) is 0 Å². The van der Waals surface area contributed by atoms with Crippen molar-refractivity contribution in [2.45, 2.75) is 18.9 Å². The van der Waals surface area contributed by atoms with E-state index in [1.165, 1.54) is 25.9 Å². The van der Waals surface area contributed by atoms with E-state index in [2.05, 4.69) is 17.4 Å². The van der Waals surface area contributed by atoms with Crippen LogP contribution in [0.15, 0.2) is 0 Å². The van der Waals surface area contributed by atoms with E-state index in [1.54, 1.807) is 0 Å². The minimum absolute atomic E-state index is 0.557. The van der Waals surface area contributed by atoms with E-state index in [9.17, 15) is 0 Å². The van der Waals surface area contributed by atoms with E-state index in [0.29, 0.717) is 6.04 Å². The first kappa shape index (κ1) is 6.99. The quantitative estimate of drug-likeness (QED) is 0.372. The number of rotatable bonds is 1. The van der Waals surface area contributed by atoms with Crippen LogP contribution in [-0.4, -0.2) is 31.1 Å². The summed E-state index contributed by atoms with van der Waals surface area (Å²) in [4.78, 5) is 2.33. The highest BCUT2D eigenvalue weighted by Gasteiger charge is 2.13. The predicted molar refractivity (Wildman–Crippen MR) is 37.8 cm³/mol. The fourth-order valence-electron chi connectivity index (χ4n) is 1.18. The van der Waals surface area contributed by atoms with Gasteiger partial charge in [-0.05, 0) is 33.0 Å². The van der Waals surface area contributed by atoms with E-state index in [0.717, 1.165) is 0 Å². The third-order valence-electron chi connectivity index (χ3n) is 1.95. The number of nitrogens with one attached hydrogen (secondary N) is 1. The number of hydrogen-bond acceptors (Lipinski definition) is 3. The van der Waals surface area contributed by atoms with Crippen molar-refractivity contribution in [2.75, 3.05) is 20.1 Å². The molecule has 0 saturated carbocycles. The average Bonchev–Trinajstić information content (AvgIpc) is 1.90. The van der Waals surface area contributed by atoms with Gasteiger partial charge in [0.2, 0.25) is 0 Å². The molecule has 1 saturated heterocycles. The number of hydrazine groups is 1. The second-order valence-corrected chi connectivity index (χ2v) is 2.74. The van der Waals surface area contributed by atoms with Crippen LogP contribution in [0, 0.1) is 0 Å². The van der Waals surface area contributed by atoms with Crippen molar-refractivity contribution < 1.29 is 0 Å². The van der Waals surface area contributed by atoms with Gasteiger partial charge >= 0.3 is 0 Å². The first-order valence-corrected chi connectivity index (χ1v) is 3.47. The molecule has 9 heavy (non-hydrogen) atoms. The molecule has 0 aromatic carbocycles. The lowest BCUT2D eigenvalue weighted by atomic mass is 10.1. The van der Waals surface area contributed by atoms with Crippen LogP contribution in [0.4, 0.5) is 0 Å². The maximum absolute atomic E-state index is 5.28. The molecule has 0 aromatic heterocycles. The molecule has 0 bridgehead atoms. The number of piperidine rings is 1. The van der Waals surface area contributed by atoms with E-state index >= 15 is 0 Å². The smallest absolute Gasteiger partial charge is 0.0234 e. The fourth-order valence-corrected chi connectivity index (χ4v) is 1.18. The van der Waals surface area contributed by atoms with Gasteiger partial charge in [-0.2, -0.15) is 0 Å². The number of likely N-dealkylation sites (tertiary alicyclic amines) is 1.